The fraction of sp³-hybridized carbons (Fsp3) is 0.812. The Kier molecular flexibility index (Phi) is 32.7. The third kappa shape index (κ3) is 21.9. The molecule has 3 heterocycles. The van der Waals surface area contributed by atoms with Gasteiger partial charge in [-0.05, 0) is 101 Å². The zero-order chi connectivity index (χ0) is 72.5. The summed E-state index contributed by atoms with van der Waals surface area (Å²) in [4.78, 5) is 177. The Bertz CT molecular complexity index is 2640. The van der Waals surface area contributed by atoms with Crippen molar-refractivity contribution in [2.45, 2.75) is 228 Å². The molecule has 14 atom stereocenters. The topological polar surface area (TPSA) is 295 Å². The zero-order valence-corrected chi connectivity index (χ0v) is 62.1. The van der Waals surface area contributed by atoms with E-state index in [4.69, 9.17) is 4.74 Å². The van der Waals surface area contributed by atoms with E-state index < -0.39 is 161 Å². The Balaban J connectivity index is 2.33. The van der Waals surface area contributed by atoms with Crippen LogP contribution in [0.4, 0.5) is 0 Å². The number of likely N-dealkylation sites (N-methyl/N-ethyl adjacent to an activating group) is 7. The summed E-state index contributed by atoms with van der Waals surface area (Å²) in [6.45, 7) is 34.3. The van der Waals surface area contributed by atoms with Crippen LogP contribution in [0.5, 0.6) is 0 Å². The lowest BCUT2D eigenvalue weighted by Crippen LogP contribution is -2.64. The van der Waals surface area contributed by atoms with E-state index >= 15 is 28.8 Å². The predicted molar refractivity (Wildman–Crippen MR) is 365 cm³/mol. The fourth-order valence-corrected chi connectivity index (χ4v) is 13.1. The van der Waals surface area contributed by atoms with Crippen molar-refractivity contribution in [3.8, 4) is 0 Å². The molecule has 0 saturated carbocycles. The molecule has 3 aliphatic heterocycles. The summed E-state index contributed by atoms with van der Waals surface area (Å²) in [5.74, 6) is -10.2. The Hall–Kier alpha value is -6.25. The van der Waals surface area contributed by atoms with Gasteiger partial charge in [-0.2, -0.15) is 0 Å². The number of amides is 11. The van der Waals surface area contributed by atoms with Crippen molar-refractivity contribution < 1.29 is 62.6 Å². The molecule has 0 aromatic heterocycles. The number of hydrogen-bond acceptors (Lipinski definition) is 15. The lowest BCUT2D eigenvalue weighted by molar-refractivity contribution is -0.157. The summed E-state index contributed by atoms with van der Waals surface area (Å²) in [5, 5.41) is 23.5. The summed E-state index contributed by atoms with van der Waals surface area (Å²) in [6.07, 6.45) is 2.84. The first-order valence-corrected chi connectivity index (χ1v) is 34.6. The number of nitrogens with one attached hydrogen (secondary N) is 4. The lowest BCUT2D eigenvalue weighted by Gasteiger charge is -2.44. The highest BCUT2D eigenvalue weighted by atomic mass is 16.5. The summed E-state index contributed by atoms with van der Waals surface area (Å²) in [7, 11) is 10.1. The number of aliphatic hydroxyl groups excluding tert-OH is 1. The van der Waals surface area contributed by atoms with E-state index in [0.29, 0.717) is 45.3 Å². The molecule has 26 heteroatoms. The SMILES string of the molecule is C/C=C/C[C@@H](C)[C@@H](O)[C@H]1C(=O)N[C@@H](CC)C(=O)N(C)[C@H](C)C(=O)N(C)[C@@H]([C@@H](C)CN2CCN(C3COC3)CC2)C(=O)N[C@@H](C(C)C)C(=O)N(C)[C@@H](CC(C)C)C(=O)N[C@@H](C)C(=O)N[C@H](C)C(=O)N(C)[C@@H](CC(C)C)C(=O)N(C)[C@@H](CC(C)C)C(=O)N(C)[C@@H](C(C)C)C(=O)N1C. The maximum Gasteiger partial charge on any atom is 0.246 e. The number of ether oxygens (including phenoxy) is 1. The molecule has 95 heavy (non-hydrogen) atoms. The third-order valence-electron chi connectivity index (χ3n) is 19.4. The average Bonchev–Trinajstić information content (AvgIpc) is 0.811. The maximum atomic E-state index is 15.3. The van der Waals surface area contributed by atoms with E-state index in [1.807, 2.05) is 61.5 Å². The van der Waals surface area contributed by atoms with Gasteiger partial charge in [-0.1, -0.05) is 102 Å². The van der Waals surface area contributed by atoms with Crippen LogP contribution in [0.15, 0.2) is 12.2 Å². The molecule has 0 aromatic rings. The quantitative estimate of drug-likeness (QED) is 0.131. The van der Waals surface area contributed by atoms with Crippen LogP contribution in [0.3, 0.4) is 0 Å². The van der Waals surface area contributed by atoms with Crippen molar-refractivity contribution in [1.29, 1.82) is 0 Å². The molecule has 5 N–H and O–H groups in total. The molecule has 3 aliphatic rings. The van der Waals surface area contributed by atoms with E-state index in [9.17, 15) is 29.1 Å². The van der Waals surface area contributed by atoms with Gasteiger partial charge in [0.1, 0.15) is 66.5 Å². The second-order valence-corrected chi connectivity index (χ2v) is 29.3. The van der Waals surface area contributed by atoms with Crippen LogP contribution in [0.1, 0.15) is 150 Å². The van der Waals surface area contributed by atoms with Crippen molar-refractivity contribution in [2.75, 3.05) is 95.3 Å². The first-order valence-electron chi connectivity index (χ1n) is 34.6. The van der Waals surface area contributed by atoms with Crippen LogP contribution in [0.2, 0.25) is 0 Å². The molecule has 26 nitrogen and oxygen atoms in total. The number of allylic oxidation sites excluding steroid dienone is 2. The highest BCUT2D eigenvalue weighted by Gasteiger charge is 2.47. The van der Waals surface area contributed by atoms with Crippen molar-refractivity contribution in [3.63, 3.8) is 0 Å². The summed E-state index contributed by atoms with van der Waals surface area (Å²) in [6, 6.07) is -13.5. The van der Waals surface area contributed by atoms with E-state index in [1.165, 1.54) is 99.5 Å². The Labute approximate surface area is 568 Å². The van der Waals surface area contributed by atoms with Gasteiger partial charge < -0.3 is 70.3 Å². The maximum absolute atomic E-state index is 15.3. The number of piperazine rings is 1. The molecule has 0 aromatic carbocycles. The molecule has 3 rings (SSSR count). The second kappa shape index (κ2) is 37.5. The minimum Gasteiger partial charge on any atom is -0.390 e. The van der Waals surface area contributed by atoms with E-state index in [2.05, 4.69) is 31.1 Å². The summed E-state index contributed by atoms with van der Waals surface area (Å²) < 4.78 is 5.46. The molecule has 0 bridgehead atoms. The van der Waals surface area contributed by atoms with Gasteiger partial charge in [-0.25, -0.2) is 0 Å². The van der Waals surface area contributed by atoms with Crippen LogP contribution in [0.25, 0.3) is 0 Å². The second-order valence-electron chi connectivity index (χ2n) is 29.3. The molecular weight excluding hydrogens is 1220 g/mol. The molecule has 3 saturated heterocycles. The van der Waals surface area contributed by atoms with Crippen molar-refractivity contribution >= 4 is 65.0 Å². The minimum absolute atomic E-state index is 0.00644. The number of carbonyl (C=O) groups is 11. The first-order chi connectivity index (χ1) is 44.2. The molecule has 0 spiro atoms. The van der Waals surface area contributed by atoms with Gasteiger partial charge in [0.25, 0.3) is 0 Å². The van der Waals surface area contributed by atoms with E-state index in [1.54, 1.807) is 47.6 Å². The standard InChI is InChI=1S/C69H123N13O13/c1-25-27-28-44(13)58(83)57-62(87)72-50(26-2)65(90)74(18)48(17)64(89)79(23)56(45(14)36-81-29-31-82(32-30-81)49-37-95-38-49)61(86)73-54(42(9)10)68(93)75(19)51(33-39(3)4)60(85)70-46(15)59(84)71-47(16)63(88)76(20)52(34-40(5)6)66(91)77(21)53(35-41(7)8)67(92)78(22)55(43(11)12)69(94)80(57)24/h25,27,39-58,83H,26,28-38H2,1-24H3,(H,70,85)(H,71,84)(H,72,87)(H,73,86)/b27-25+/t44-,45+,46+,47-,48-,50+,51+,52+,53+,54+,55+,56+,57+,58-/m1/s1. The monoisotopic (exact) mass is 1340 g/mol. The number of nitrogens with zero attached hydrogens (tertiary/aromatic N) is 9. The smallest absolute Gasteiger partial charge is 0.246 e. The number of carbonyl (C=O) groups excluding carboxylic acids is 11. The first kappa shape index (κ1) is 83.0. The number of rotatable bonds is 17. The van der Waals surface area contributed by atoms with Crippen LogP contribution in [-0.2, 0) is 57.5 Å². The Morgan fingerprint density at radius 2 is 0.947 bits per heavy atom. The molecule has 0 radical (unpaired) electrons. The summed E-state index contributed by atoms with van der Waals surface area (Å²) >= 11 is 0. The number of aliphatic hydroxyl groups is 1. The van der Waals surface area contributed by atoms with Gasteiger partial charge in [0.15, 0.2) is 0 Å². The average molecular weight is 1340 g/mol. The van der Waals surface area contributed by atoms with Gasteiger partial charge in [-0.15, -0.1) is 0 Å². The van der Waals surface area contributed by atoms with Crippen LogP contribution < -0.4 is 21.3 Å². The van der Waals surface area contributed by atoms with Gasteiger partial charge in [-0.3, -0.25) is 57.6 Å². The fourth-order valence-electron chi connectivity index (χ4n) is 13.1. The highest BCUT2D eigenvalue weighted by Crippen LogP contribution is 2.27. The molecule has 11 amide bonds. The van der Waals surface area contributed by atoms with Gasteiger partial charge in [0.05, 0.1) is 25.4 Å². The zero-order valence-electron chi connectivity index (χ0n) is 62.1. The van der Waals surface area contributed by atoms with Crippen molar-refractivity contribution in [1.82, 2.24) is 65.4 Å². The predicted octanol–water partition coefficient (Wildman–Crippen LogP) is 2.26. The molecular formula is C69H123N13O13. The van der Waals surface area contributed by atoms with Gasteiger partial charge >= 0.3 is 0 Å². The lowest BCUT2D eigenvalue weighted by atomic mass is 9.91. The van der Waals surface area contributed by atoms with Crippen LogP contribution in [0, 0.1) is 41.4 Å². The molecule has 3 fully saturated rings. The van der Waals surface area contributed by atoms with Crippen molar-refractivity contribution in [3.05, 3.63) is 12.2 Å². The Morgan fingerprint density at radius 3 is 1.42 bits per heavy atom. The largest absolute Gasteiger partial charge is 0.390 e. The molecule has 542 valence electrons. The van der Waals surface area contributed by atoms with Crippen LogP contribution >= 0.6 is 0 Å². The van der Waals surface area contributed by atoms with Gasteiger partial charge in [0.2, 0.25) is 65.0 Å². The molecule has 0 aliphatic carbocycles. The van der Waals surface area contributed by atoms with E-state index in [0.717, 1.165) is 18.0 Å². The Morgan fingerprint density at radius 1 is 0.484 bits per heavy atom. The summed E-state index contributed by atoms with van der Waals surface area (Å²) in [5.41, 5.74) is 0. The molecule has 0 unspecified atom stereocenters. The van der Waals surface area contributed by atoms with E-state index in [-0.39, 0.29) is 43.4 Å². The highest BCUT2D eigenvalue weighted by molar-refractivity contribution is 6.00. The van der Waals surface area contributed by atoms with Crippen LogP contribution in [-0.4, -0.2) is 288 Å². The minimum atomic E-state index is -1.63. The van der Waals surface area contributed by atoms with Crippen molar-refractivity contribution in [2.24, 2.45) is 41.4 Å². The third-order valence-corrected chi connectivity index (χ3v) is 19.4. The number of hydrogen-bond donors (Lipinski definition) is 5. The normalized spacial score (nSPS) is 28.7. The van der Waals surface area contributed by atoms with Gasteiger partial charge in [0, 0.05) is 82.1 Å².